The van der Waals surface area contributed by atoms with E-state index < -0.39 is 0 Å². The third kappa shape index (κ3) is 6.71. The van der Waals surface area contributed by atoms with E-state index in [2.05, 4.69) is 163 Å². The Morgan fingerprint density at radius 3 is 2.00 bits per heavy atom. The number of aryl methyl sites for hydroxylation is 3. The molecule has 0 aliphatic heterocycles. The van der Waals surface area contributed by atoms with E-state index in [1.807, 2.05) is 0 Å². The second-order valence-corrected chi connectivity index (χ2v) is 13.5. The number of allylic oxidation sites excluding steroid dienone is 7. The zero-order chi connectivity index (χ0) is 30.4. The molecule has 4 rings (SSSR count). The Morgan fingerprint density at radius 1 is 0.833 bits per heavy atom. The number of anilines is 3. The van der Waals surface area contributed by atoms with Gasteiger partial charge in [0.15, 0.2) is 0 Å². The molecule has 0 N–H and O–H groups in total. The van der Waals surface area contributed by atoms with Gasteiger partial charge in [-0.15, -0.1) is 0 Å². The topological polar surface area (TPSA) is 3.24 Å². The summed E-state index contributed by atoms with van der Waals surface area (Å²) in [5.74, 6) is 5.03. The molecule has 0 saturated heterocycles. The zero-order valence-electron chi connectivity index (χ0n) is 26.6. The summed E-state index contributed by atoms with van der Waals surface area (Å²) in [5.41, 5.74) is 12.4. The van der Waals surface area contributed by atoms with Crippen molar-refractivity contribution in [2.75, 3.05) is 4.90 Å². The van der Waals surface area contributed by atoms with Crippen LogP contribution in [0.3, 0.4) is 0 Å². The summed E-state index contributed by atoms with van der Waals surface area (Å²) in [6.07, 6.45) is 15.7. The monoisotopic (exact) mass is 573 g/mol. The Bertz CT molecular complexity index is 1550. The number of rotatable bonds is 9. The average molecular weight is 574 g/mol. The highest BCUT2D eigenvalue weighted by atomic mass is 32.2. The second kappa shape index (κ2) is 14.0. The minimum absolute atomic E-state index is 0.00221. The van der Waals surface area contributed by atoms with Crippen molar-refractivity contribution in [3.63, 3.8) is 0 Å². The fourth-order valence-electron chi connectivity index (χ4n) is 6.10. The molecule has 0 radical (unpaired) electrons. The molecule has 1 aliphatic carbocycles. The average Bonchev–Trinajstić information content (AvgIpc) is 2.98. The molecule has 2 unspecified atom stereocenters. The number of hydrogen-bond acceptors (Lipinski definition) is 1. The Hall–Kier alpha value is -3.62. The van der Waals surface area contributed by atoms with E-state index in [9.17, 15) is 0 Å². The maximum atomic E-state index is 4.57. The van der Waals surface area contributed by atoms with E-state index in [0.29, 0.717) is 11.2 Å². The smallest absolute Gasteiger partial charge is 0.0497 e. The SMILES string of the molecule is C=C(/C=C\c1c(C)ccc(N(c2ccccc2C)c2ccccc2C)c1C)C1=CCC(S(=C)C(/C=C\C)=C/C)C[C@H]1C. The lowest BCUT2D eigenvalue weighted by Gasteiger charge is -2.31. The number of para-hydroxylation sites is 2. The highest BCUT2D eigenvalue weighted by Crippen LogP contribution is 2.43. The molecule has 0 bridgehead atoms. The quantitative estimate of drug-likeness (QED) is 0.182. The van der Waals surface area contributed by atoms with Gasteiger partial charge in [-0.1, -0.05) is 98.3 Å². The molecule has 3 aromatic rings. The van der Waals surface area contributed by atoms with Crippen LogP contribution in [0, 0.1) is 33.6 Å². The van der Waals surface area contributed by atoms with E-state index in [1.165, 1.54) is 55.4 Å². The van der Waals surface area contributed by atoms with Crippen LogP contribution in [0.15, 0.2) is 114 Å². The minimum atomic E-state index is 0.00221. The molecule has 2 heteroatoms. The summed E-state index contributed by atoms with van der Waals surface area (Å²) in [6, 6.07) is 21.8. The van der Waals surface area contributed by atoms with Crippen molar-refractivity contribution < 1.29 is 0 Å². The van der Waals surface area contributed by atoms with Crippen LogP contribution in [-0.2, 0) is 0 Å². The van der Waals surface area contributed by atoms with Gasteiger partial charge in [-0.3, -0.25) is 0 Å². The van der Waals surface area contributed by atoms with Gasteiger partial charge >= 0.3 is 0 Å². The first-order valence-electron chi connectivity index (χ1n) is 15.1. The first-order chi connectivity index (χ1) is 20.2. The normalized spacial score (nSPS) is 18.4. The van der Waals surface area contributed by atoms with Crippen LogP contribution < -0.4 is 4.90 Å². The van der Waals surface area contributed by atoms with Gasteiger partial charge in [-0.2, -0.15) is 10.5 Å². The van der Waals surface area contributed by atoms with E-state index in [0.717, 1.165) is 18.4 Å². The first-order valence-corrected chi connectivity index (χ1v) is 16.5. The summed E-state index contributed by atoms with van der Waals surface area (Å²) in [4.78, 5) is 3.78. The van der Waals surface area contributed by atoms with Gasteiger partial charge in [0.05, 0.1) is 0 Å². The number of hydrogen-bond donors (Lipinski definition) is 0. The highest BCUT2D eigenvalue weighted by molar-refractivity contribution is 8.18. The van der Waals surface area contributed by atoms with E-state index in [-0.39, 0.29) is 10.5 Å². The molecule has 3 aromatic carbocycles. The zero-order valence-corrected chi connectivity index (χ0v) is 27.4. The highest BCUT2D eigenvalue weighted by Gasteiger charge is 2.24. The van der Waals surface area contributed by atoms with Gasteiger partial charge < -0.3 is 4.90 Å². The summed E-state index contributed by atoms with van der Waals surface area (Å²) >= 11 is 0. The van der Waals surface area contributed by atoms with Gasteiger partial charge in [0.2, 0.25) is 0 Å². The molecule has 1 nitrogen and oxygen atoms in total. The maximum Gasteiger partial charge on any atom is 0.0497 e. The maximum absolute atomic E-state index is 4.57. The van der Waals surface area contributed by atoms with Crippen molar-refractivity contribution in [1.82, 2.24) is 0 Å². The molecule has 3 atom stereocenters. The molecule has 0 amide bonds. The molecule has 1 aliphatic rings. The van der Waals surface area contributed by atoms with Crippen molar-refractivity contribution >= 4 is 39.5 Å². The first kappa shape index (κ1) is 31.3. The standard InChI is InChI=1S/C40H47NS/c1-10-16-34(11-2)42(9)35-23-25-36(32(7)27-35)28(3)21-24-37-29(4)22-26-40(33(37)8)41(38-19-14-12-17-30(38)5)39-20-15-13-18-31(39)6/h10-22,24-26,32,35H,3,9,23,27H2,1-2,4-8H3/b16-10-,24-21-,34-11+/t32-,35?,42?/m1/s1. The van der Waals surface area contributed by atoms with Crippen LogP contribution in [0.25, 0.3) is 6.08 Å². The Labute approximate surface area is 257 Å². The Balaban J connectivity index is 1.67. The van der Waals surface area contributed by atoms with Crippen molar-refractivity contribution in [2.45, 2.75) is 66.6 Å². The predicted octanol–water partition coefficient (Wildman–Crippen LogP) is 11.9. The van der Waals surface area contributed by atoms with Gasteiger partial charge in [0.25, 0.3) is 0 Å². The van der Waals surface area contributed by atoms with E-state index in [4.69, 9.17) is 0 Å². The Kier molecular flexibility index (Phi) is 10.5. The third-order valence-corrected chi connectivity index (χ3v) is 10.7. The van der Waals surface area contributed by atoms with Gasteiger partial charge in [0, 0.05) is 22.3 Å². The molecular formula is C40H47NS. The lowest BCUT2D eigenvalue weighted by molar-refractivity contribution is 0.571. The van der Waals surface area contributed by atoms with Crippen molar-refractivity contribution in [2.24, 2.45) is 5.92 Å². The lowest BCUT2D eigenvalue weighted by atomic mass is 9.84. The molecule has 0 saturated carbocycles. The summed E-state index contributed by atoms with van der Waals surface area (Å²) in [7, 11) is 0.00221. The largest absolute Gasteiger partial charge is 0.310 e. The molecule has 0 aromatic heterocycles. The lowest BCUT2D eigenvalue weighted by Crippen LogP contribution is -2.17. The van der Waals surface area contributed by atoms with Crippen LogP contribution in [-0.4, -0.2) is 11.1 Å². The Morgan fingerprint density at radius 2 is 1.45 bits per heavy atom. The predicted molar refractivity (Wildman–Crippen MR) is 192 cm³/mol. The van der Waals surface area contributed by atoms with E-state index in [1.54, 1.807) is 0 Å². The fraction of sp³-hybridized carbons (Fsp3) is 0.275. The van der Waals surface area contributed by atoms with Gasteiger partial charge in [-0.05, 0) is 122 Å². The van der Waals surface area contributed by atoms with Gasteiger partial charge in [0.1, 0.15) is 0 Å². The summed E-state index contributed by atoms with van der Waals surface area (Å²) in [5, 5.41) is 0.581. The summed E-state index contributed by atoms with van der Waals surface area (Å²) in [6.45, 7) is 19.9. The van der Waals surface area contributed by atoms with E-state index >= 15 is 0 Å². The van der Waals surface area contributed by atoms with Crippen molar-refractivity contribution in [3.05, 3.63) is 141 Å². The van der Waals surface area contributed by atoms with Crippen LogP contribution in [0.1, 0.15) is 61.4 Å². The molecule has 218 valence electrons. The molecule has 0 heterocycles. The fourth-order valence-corrected chi connectivity index (χ4v) is 7.95. The van der Waals surface area contributed by atoms with Crippen LogP contribution in [0.2, 0.25) is 0 Å². The minimum Gasteiger partial charge on any atom is -0.310 e. The molecule has 0 spiro atoms. The van der Waals surface area contributed by atoms with Crippen molar-refractivity contribution in [3.8, 4) is 0 Å². The van der Waals surface area contributed by atoms with Gasteiger partial charge in [-0.25, -0.2) is 0 Å². The summed E-state index contributed by atoms with van der Waals surface area (Å²) < 4.78 is 0. The molecule has 0 fully saturated rings. The number of benzene rings is 3. The molecule has 42 heavy (non-hydrogen) atoms. The molecular weight excluding hydrogens is 527 g/mol. The van der Waals surface area contributed by atoms with Crippen LogP contribution >= 0.6 is 10.5 Å². The third-order valence-electron chi connectivity index (χ3n) is 8.55. The number of nitrogens with zero attached hydrogens (tertiary/aromatic N) is 1. The second-order valence-electron chi connectivity index (χ2n) is 11.5. The van der Waals surface area contributed by atoms with Crippen molar-refractivity contribution in [1.29, 1.82) is 0 Å². The van der Waals surface area contributed by atoms with Crippen LogP contribution in [0.5, 0.6) is 0 Å². The van der Waals surface area contributed by atoms with Crippen LogP contribution in [0.4, 0.5) is 17.1 Å².